The summed E-state index contributed by atoms with van der Waals surface area (Å²) in [6.07, 6.45) is 2.39. The van der Waals surface area contributed by atoms with Crippen molar-refractivity contribution in [3.63, 3.8) is 0 Å². The van der Waals surface area contributed by atoms with Crippen LogP contribution in [0.1, 0.15) is 26.7 Å². The first-order chi connectivity index (χ1) is 7.06. The van der Waals surface area contributed by atoms with Crippen molar-refractivity contribution >= 4 is 0 Å². The molecule has 90 valence electrons. The molecule has 3 unspecified atom stereocenters. The Hall–Kier alpha value is -0.120. The predicted molar refractivity (Wildman–Crippen MR) is 66.0 cm³/mol. The lowest BCUT2D eigenvalue weighted by Gasteiger charge is -2.25. The van der Waals surface area contributed by atoms with Crippen LogP contribution in [0.25, 0.3) is 0 Å². The molecule has 0 bridgehead atoms. The molecule has 0 aromatic carbocycles. The Morgan fingerprint density at radius 2 is 2.07 bits per heavy atom. The SMILES string of the molecule is CC1CN(C(C)CCCN)CC1N(C)C. The third-order valence-electron chi connectivity index (χ3n) is 3.71. The second-order valence-corrected chi connectivity index (χ2v) is 5.24. The highest BCUT2D eigenvalue weighted by Gasteiger charge is 2.32. The molecule has 0 saturated carbocycles. The zero-order valence-electron chi connectivity index (χ0n) is 10.7. The average molecular weight is 213 g/mol. The fourth-order valence-corrected chi connectivity index (χ4v) is 2.61. The summed E-state index contributed by atoms with van der Waals surface area (Å²) < 4.78 is 0. The van der Waals surface area contributed by atoms with Gasteiger partial charge < -0.3 is 10.6 Å². The maximum Gasteiger partial charge on any atom is 0.0254 e. The molecule has 1 fully saturated rings. The quantitative estimate of drug-likeness (QED) is 0.739. The van der Waals surface area contributed by atoms with Crippen LogP contribution in [0.15, 0.2) is 0 Å². The summed E-state index contributed by atoms with van der Waals surface area (Å²) in [7, 11) is 4.38. The molecule has 0 aromatic rings. The summed E-state index contributed by atoms with van der Waals surface area (Å²) >= 11 is 0. The Balaban J connectivity index is 2.39. The highest BCUT2D eigenvalue weighted by Crippen LogP contribution is 2.23. The van der Waals surface area contributed by atoms with Crippen LogP contribution in [0.4, 0.5) is 0 Å². The number of nitrogens with two attached hydrogens (primary N) is 1. The van der Waals surface area contributed by atoms with E-state index in [-0.39, 0.29) is 0 Å². The van der Waals surface area contributed by atoms with Gasteiger partial charge in [-0.05, 0) is 46.3 Å². The molecule has 1 saturated heterocycles. The lowest BCUT2D eigenvalue weighted by atomic mass is 10.1. The molecule has 0 radical (unpaired) electrons. The van der Waals surface area contributed by atoms with Crippen LogP contribution < -0.4 is 5.73 Å². The van der Waals surface area contributed by atoms with Gasteiger partial charge in [0.1, 0.15) is 0 Å². The van der Waals surface area contributed by atoms with Crippen molar-refractivity contribution in [3.8, 4) is 0 Å². The smallest absolute Gasteiger partial charge is 0.0254 e. The standard InChI is InChI=1S/C12H27N3/c1-10-8-15(9-12(10)14(3)4)11(2)6-5-7-13/h10-12H,5-9,13H2,1-4H3. The number of hydrogen-bond acceptors (Lipinski definition) is 3. The molecule has 2 N–H and O–H groups in total. The number of rotatable bonds is 5. The van der Waals surface area contributed by atoms with E-state index in [1.54, 1.807) is 0 Å². The van der Waals surface area contributed by atoms with Crippen molar-refractivity contribution in [3.05, 3.63) is 0 Å². The van der Waals surface area contributed by atoms with Crippen molar-refractivity contribution in [1.82, 2.24) is 9.80 Å². The van der Waals surface area contributed by atoms with Crippen LogP contribution in [-0.4, -0.2) is 55.6 Å². The molecule has 3 heteroatoms. The van der Waals surface area contributed by atoms with Gasteiger partial charge in [0.15, 0.2) is 0 Å². The van der Waals surface area contributed by atoms with E-state index < -0.39 is 0 Å². The predicted octanol–water partition coefficient (Wildman–Crippen LogP) is 0.996. The van der Waals surface area contributed by atoms with Gasteiger partial charge in [-0.15, -0.1) is 0 Å². The van der Waals surface area contributed by atoms with Gasteiger partial charge in [-0.1, -0.05) is 6.92 Å². The van der Waals surface area contributed by atoms with E-state index in [0.29, 0.717) is 6.04 Å². The molecule has 1 aliphatic rings. The zero-order chi connectivity index (χ0) is 11.4. The molecule has 0 spiro atoms. The highest BCUT2D eigenvalue weighted by atomic mass is 15.3. The Morgan fingerprint density at radius 3 is 2.53 bits per heavy atom. The molecule has 0 amide bonds. The van der Waals surface area contributed by atoms with Gasteiger partial charge in [0, 0.05) is 25.2 Å². The minimum absolute atomic E-state index is 0.695. The summed E-state index contributed by atoms with van der Waals surface area (Å²) in [6.45, 7) is 7.99. The third kappa shape index (κ3) is 3.44. The highest BCUT2D eigenvalue weighted by molar-refractivity contribution is 4.88. The normalized spacial score (nSPS) is 30.0. The maximum atomic E-state index is 5.55. The topological polar surface area (TPSA) is 32.5 Å². The molecule has 3 nitrogen and oxygen atoms in total. The molecule has 0 aliphatic carbocycles. The number of hydrogen-bond donors (Lipinski definition) is 1. The Bertz CT molecular complexity index is 182. The molecular weight excluding hydrogens is 186 g/mol. The van der Waals surface area contributed by atoms with Gasteiger partial charge in [0.25, 0.3) is 0 Å². The summed E-state index contributed by atoms with van der Waals surface area (Å²) in [6, 6.07) is 1.42. The molecule has 0 aromatic heterocycles. The Labute approximate surface area is 94.6 Å². The Morgan fingerprint density at radius 1 is 1.40 bits per heavy atom. The molecule has 15 heavy (non-hydrogen) atoms. The lowest BCUT2D eigenvalue weighted by molar-refractivity contribution is 0.216. The summed E-state index contributed by atoms with van der Waals surface area (Å²) in [4.78, 5) is 4.98. The largest absolute Gasteiger partial charge is 0.330 e. The van der Waals surface area contributed by atoms with Crippen LogP contribution in [0.2, 0.25) is 0 Å². The van der Waals surface area contributed by atoms with Crippen LogP contribution in [-0.2, 0) is 0 Å². The minimum Gasteiger partial charge on any atom is -0.330 e. The molecule has 1 heterocycles. The van der Waals surface area contributed by atoms with E-state index >= 15 is 0 Å². The zero-order valence-corrected chi connectivity index (χ0v) is 10.7. The summed E-state index contributed by atoms with van der Waals surface area (Å²) in [5.74, 6) is 0.792. The first kappa shape index (κ1) is 12.9. The molecule has 1 aliphatic heterocycles. The van der Waals surface area contributed by atoms with Crippen molar-refractivity contribution < 1.29 is 0 Å². The number of likely N-dealkylation sites (N-methyl/N-ethyl adjacent to an activating group) is 1. The van der Waals surface area contributed by atoms with E-state index in [4.69, 9.17) is 5.73 Å². The van der Waals surface area contributed by atoms with E-state index in [0.717, 1.165) is 24.9 Å². The van der Waals surface area contributed by atoms with Gasteiger partial charge in [0.05, 0.1) is 0 Å². The van der Waals surface area contributed by atoms with Crippen molar-refractivity contribution in [1.29, 1.82) is 0 Å². The van der Waals surface area contributed by atoms with Crippen LogP contribution >= 0.6 is 0 Å². The fraction of sp³-hybridized carbons (Fsp3) is 1.00. The van der Waals surface area contributed by atoms with E-state index in [9.17, 15) is 0 Å². The van der Waals surface area contributed by atoms with Gasteiger partial charge in [-0.2, -0.15) is 0 Å². The van der Waals surface area contributed by atoms with Crippen LogP contribution in [0.3, 0.4) is 0 Å². The summed E-state index contributed by atoms with van der Waals surface area (Å²) in [5.41, 5.74) is 5.55. The monoisotopic (exact) mass is 213 g/mol. The summed E-state index contributed by atoms with van der Waals surface area (Å²) in [5, 5.41) is 0. The Kier molecular flexibility index (Phi) is 5.03. The average Bonchev–Trinajstić information content (AvgIpc) is 2.56. The number of likely N-dealkylation sites (tertiary alicyclic amines) is 1. The van der Waals surface area contributed by atoms with Gasteiger partial charge in [0.2, 0.25) is 0 Å². The lowest BCUT2D eigenvalue weighted by Crippen LogP contribution is -2.36. The molecule has 1 rings (SSSR count). The second kappa shape index (κ2) is 5.83. The first-order valence-electron chi connectivity index (χ1n) is 6.16. The fourth-order valence-electron chi connectivity index (χ4n) is 2.61. The second-order valence-electron chi connectivity index (χ2n) is 5.24. The van der Waals surface area contributed by atoms with Crippen molar-refractivity contribution in [2.75, 3.05) is 33.7 Å². The maximum absolute atomic E-state index is 5.55. The molecular formula is C12H27N3. The van der Waals surface area contributed by atoms with Crippen molar-refractivity contribution in [2.24, 2.45) is 11.7 Å². The van der Waals surface area contributed by atoms with Crippen LogP contribution in [0, 0.1) is 5.92 Å². The third-order valence-corrected chi connectivity index (χ3v) is 3.71. The van der Waals surface area contributed by atoms with Crippen LogP contribution in [0.5, 0.6) is 0 Å². The van der Waals surface area contributed by atoms with E-state index in [2.05, 4.69) is 37.7 Å². The van der Waals surface area contributed by atoms with Gasteiger partial charge in [-0.25, -0.2) is 0 Å². The van der Waals surface area contributed by atoms with Crippen molar-refractivity contribution in [2.45, 2.75) is 38.8 Å². The van der Waals surface area contributed by atoms with Gasteiger partial charge in [-0.3, -0.25) is 4.90 Å². The minimum atomic E-state index is 0.695. The molecule has 3 atom stereocenters. The van der Waals surface area contributed by atoms with Gasteiger partial charge >= 0.3 is 0 Å². The van der Waals surface area contributed by atoms with E-state index in [1.807, 2.05) is 0 Å². The number of nitrogens with zero attached hydrogens (tertiary/aromatic N) is 2. The van der Waals surface area contributed by atoms with E-state index in [1.165, 1.54) is 19.5 Å². The first-order valence-corrected chi connectivity index (χ1v) is 6.16.